The lowest BCUT2D eigenvalue weighted by molar-refractivity contribution is -0.384. The summed E-state index contributed by atoms with van der Waals surface area (Å²) in [5, 5.41) is 13.4. The average Bonchev–Trinajstić information content (AvgIpc) is 2.69. The van der Waals surface area contributed by atoms with Crippen LogP contribution in [0.1, 0.15) is 44.0 Å². The molecule has 0 aromatic heterocycles. The Morgan fingerprint density at radius 2 is 2.07 bits per heavy atom. The van der Waals surface area contributed by atoms with Crippen molar-refractivity contribution in [2.75, 3.05) is 19.7 Å². The number of nitrogens with one attached hydrogen (secondary N) is 1. The fourth-order valence-electron chi connectivity index (χ4n) is 3.25. The molecule has 164 valence electrons. The summed E-state index contributed by atoms with van der Waals surface area (Å²) in [4.78, 5) is 49.3. The van der Waals surface area contributed by atoms with Crippen LogP contribution in [-0.4, -0.2) is 53.3 Å². The van der Waals surface area contributed by atoms with Gasteiger partial charge in [0.05, 0.1) is 4.92 Å². The van der Waals surface area contributed by atoms with Crippen LogP contribution < -0.4 is 5.32 Å². The first kappa shape index (κ1) is 23.6. The number of halogens is 1. The fraction of sp³-hybridized carbons (Fsp3) is 0.550. The number of esters is 1. The summed E-state index contributed by atoms with van der Waals surface area (Å²) in [5.74, 6) is -1.60. The topological polar surface area (TPSA) is 119 Å². The van der Waals surface area contributed by atoms with Gasteiger partial charge in [0.25, 0.3) is 17.5 Å². The molecule has 0 bridgehead atoms. The third kappa shape index (κ3) is 6.16. The second-order valence-corrected chi connectivity index (χ2v) is 8.22. The Morgan fingerprint density at radius 1 is 1.37 bits per heavy atom. The maximum atomic E-state index is 12.5. The monoisotopic (exact) mass is 439 g/mol. The zero-order chi connectivity index (χ0) is 22.4. The molecule has 10 heteroatoms. The Labute approximate surface area is 179 Å². The summed E-state index contributed by atoms with van der Waals surface area (Å²) >= 11 is 5.76. The molecule has 2 atom stereocenters. The number of likely N-dealkylation sites (tertiary alicyclic amines) is 1. The third-order valence-corrected chi connectivity index (χ3v) is 5.28. The van der Waals surface area contributed by atoms with Crippen molar-refractivity contribution in [3.05, 3.63) is 38.9 Å². The van der Waals surface area contributed by atoms with E-state index in [1.54, 1.807) is 18.7 Å². The zero-order valence-electron chi connectivity index (χ0n) is 17.2. The summed E-state index contributed by atoms with van der Waals surface area (Å²) in [6.07, 6.45) is 1.98. The van der Waals surface area contributed by atoms with E-state index in [4.69, 9.17) is 16.3 Å². The smallest absolute Gasteiger partial charge is 0.329 e. The van der Waals surface area contributed by atoms with Gasteiger partial charge < -0.3 is 15.0 Å². The third-order valence-electron chi connectivity index (χ3n) is 4.96. The lowest BCUT2D eigenvalue weighted by atomic mass is 10.0. The number of hydrogen-bond donors (Lipinski definition) is 1. The number of carbonyl (C=O) groups excluding carboxylic acids is 3. The van der Waals surface area contributed by atoms with E-state index in [1.807, 2.05) is 0 Å². The highest BCUT2D eigenvalue weighted by molar-refractivity contribution is 6.32. The molecule has 1 aliphatic rings. The minimum Gasteiger partial charge on any atom is -0.454 e. The Hall–Kier alpha value is -2.68. The first-order valence-electron chi connectivity index (χ1n) is 9.79. The first-order chi connectivity index (χ1) is 14.1. The molecule has 2 rings (SSSR count). The van der Waals surface area contributed by atoms with Crippen LogP contribution in [0.15, 0.2) is 18.2 Å². The van der Waals surface area contributed by atoms with Gasteiger partial charge in [0.15, 0.2) is 6.61 Å². The van der Waals surface area contributed by atoms with Crippen LogP contribution >= 0.6 is 11.6 Å². The molecule has 9 nitrogen and oxygen atoms in total. The molecule has 1 aliphatic heterocycles. The van der Waals surface area contributed by atoms with Gasteiger partial charge >= 0.3 is 5.97 Å². The number of hydrogen-bond acceptors (Lipinski definition) is 6. The van der Waals surface area contributed by atoms with Gasteiger partial charge in [-0.3, -0.25) is 19.7 Å². The normalized spacial score (nSPS) is 17.4. The van der Waals surface area contributed by atoms with Gasteiger partial charge in [-0.05, 0) is 36.8 Å². The van der Waals surface area contributed by atoms with Gasteiger partial charge in [-0.25, -0.2) is 4.79 Å². The molecule has 1 aromatic rings. The van der Waals surface area contributed by atoms with Gasteiger partial charge in [-0.1, -0.05) is 32.4 Å². The number of piperidine rings is 1. The second kappa shape index (κ2) is 10.4. The van der Waals surface area contributed by atoms with Crippen LogP contribution in [0.5, 0.6) is 0 Å². The lowest BCUT2D eigenvalue weighted by Crippen LogP contribution is -2.47. The molecule has 0 radical (unpaired) electrons. The van der Waals surface area contributed by atoms with E-state index in [0.717, 1.165) is 18.9 Å². The maximum absolute atomic E-state index is 12.5. The Bertz CT molecular complexity index is 829. The molecule has 1 N–H and O–H groups in total. The summed E-state index contributed by atoms with van der Waals surface area (Å²) in [7, 11) is 0. The minimum absolute atomic E-state index is 0.0112. The van der Waals surface area contributed by atoms with Crippen LogP contribution in [0.4, 0.5) is 5.69 Å². The average molecular weight is 440 g/mol. The maximum Gasteiger partial charge on any atom is 0.329 e. The van der Waals surface area contributed by atoms with Crippen molar-refractivity contribution in [3.63, 3.8) is 0 Å². The molecule has 0 aliphatic carbocycles. The zero-order valence-corrected chi connectivity index (χ0v) is 18.0. The summed E-state index contributed by atoms with van der Waals surface area (Å²) < 4.78 is 5.16. The van der Waals surface area contributed by atoms with E-state index in [9.17, 15) is 24.5 Å². The number of amides is 2. The standard InChI is InChI=1S/C20H26ClN3O6/c1-12(2)18(20(27)30-11-17(25)23-8-4-5-13(3)10-23)22-19(26)14-6-7-15(21)16(9-14)24(28)29/h6-7,9,12-13,18H,4-5,8,10-11H2,1-3H3,(H,22,26)/t13?,18-/m0/s1. The van der Waals surface area contributed by atoms with Gasteiger partial charge in [0.2, 0.25) is 0 Å². The molecule has 1 unspecified atom stereocenters. The Morgan fingerprint density at radius 3 is 2.67 bits per heavy atom. The van der Waals surface area contributed by atoms with Crippen molar-refractivity contribution in [2.45, 2.75) is 39.7 Å². The minimum atomic E-state index is -1.01. The molecule has 1 saturated heterocycles. The van der Waals surface area contributed by atoms with Gasteiger partial charge in [0.1, 0.15) is 11.1 Å². The number of nitro groups is 1. The van der Waals surface area contributed by atoms with Crippen molar-refractivity contribution < 1.29 is 24.0 Å². The van der Waals surface area contributed by atoms with E-state index in [-0.39, 0.29) is 22.4 Å². The molecular formula is C20H26ClN3O6. The Balaban J connectivity index is 2.00. The lowest BCUT2D eigenvalue weighted by Gasteiger charge is -2.31. The van der Waals surface area contributed by atoms with E-state index >= 15 is 0 Å². The molecule has 30 heavy (non-hydrogen) atoms. The number of rotatable bonds is 7. The molecule has 2 amide bonds. The van der Waals surface area contributed by atoms with E-state index in [2.05, 4.69) is 12.2 Å². The first-order valence-corrected chi connectivity index (χ1v) is 10.2. The molecule has 1 aromatic carbocycles. The predicted octanol–water partition coefficient (Wildman–Crippen LogP) is 2.80. The van der Waals surface area contributed by atoms with Crippen molar-refractivity contribution in [3.8, 4) is 0 Å². The molecule has 1 fully saturated rings. The van der Waals surface area contributed by atoms with E-state index < -0.39 is 35.1 Å². The SMILES string of the molecule is CC1CCCN(C(=O)COC(=O)[C@@H](NC(=O)c2ccc(Cl)c([N+](=O)[O-])c2)C(C)C)C1. The summed E-state index contributed by atoms with van der Waals surface area (Å²) in [6.45, 7) is 6.37. The highest BCUT2D eigenvalue weighted by Crippen LogP contribution is 2.25. The van der Waals surface area contributed by atoms with Crippen LogP contribution in [-0.2, 0) is 14.3 Å². The van der Waals surface area contributed by atoms with Crippen LogP contribution in [0, 0.1) is 22.0 Å². The summed E-state index contributed by atoms with van der Waals surface area (Å²) in [5.41, 5.74) is -0.419. The number of benzene rings is 1. The summed E-state index contributed by atoms with van der Waals surface area (Å²) in [6, 6.07) is 2.60. The number of ether oxygens (including phenoxy) is 1. The largest absolute Gasteiger partial charge is 0.454 e. The number of nitro benzene ring substituents is 1. The van der Waals surface area contributed by atoms with Crippen molar-refractivity contribution in [1.29, 1.82) is 0 Å². The van der Waals surface area contributed by atoms with Crippen molar-refractivity contribution in [1.82, 2.24) is 10.2 Å². The number of carbonyl (C=O) groups is 3. The van der Waals surface area contributed by atoms with Crippen molar-refractivity contribution in [2.24, 2.45) is 11.8 Å². The van der Waals surface area contributed by atoms with Gasteiger partial charge in [-0.15, -0.1) is 0 Å². The van der Waals surface area contributed by atoms with Crippen molar-refractivity contribution >= 4 is 35.1 Å². The van der Waals surface area contributed by atoms with Crippen LogP contribution in [0.2, 0.25) is 5.02 Å². The second-order valence-electron chi connectivity index (χ2n) is 7.81. The molecule has 1 heterocycles. The number of nitrogens with zero attached hydrogens (tertiary/aromatic N) is 2. The van der Waals surface area contributed by atoms with Crippen LogP contribution in [0.3, 0.4) is 0 Å². The Kier molecular flexibility index (Phi) is 8.16. The quantitative estimate of drug-likeness (QED) is 0.396. The highest BCUT2D eigenvalue weighted by atomic mass is 35.5. The predicted molar refractivity (Wildman–Crippen MR) is 110 cm³/mol. The highest BCUT2D eigenvalue weighted by Gasteiger charge is 2.29. The van der Waals surface area contributed by atoms with Gasteiger partial charge in [-0.2, -0.15) is 0 Å². The molecule has 0 spiro atoms. The molecular weight excluding hydrogens is 414 g/mol. The van der Waals surface area contributed by atoms with Crippen LogP contribution in [0.25, 0.3) is 0 Å². The van der Waals surface area contributed by atoms with E-state index in [1.165, 1.54) is 12.1 Å². The molecule has 0 saturated carbocycles. The van der Waals surface area contributed by atoms with E-state index in [0.29, 0.717) is 19.0 Å². The van der Waals surface area contributed by atoms with Gasteiger partial charge in [0, 0.05) is 24.7 Å². The fourth-order valence-corrected chi connectivity index (χ4v) is 3.43.